The Bertz CT molecular complexity index is 821. The van der Waals surface area contributed by atoms with Crippen molar-refractivity contribution in [3.8, 4) is 11.3 Å². The zero-order chi connectivity index (χ0) is 16.9. The van der Waals surface area contributed by atoms with Crippen LogP contribution in [0.3, 0.4) is 0 Å². The van der Waals surface area contributed by atoms with Crippen LogP contribution in [0.15, 0.2) is 59.1 Å². The molecule has 0 aliphatic rings. The van der Waals surface area contributed by atoms with Gasteiger partial charge in [-0.15, -0.1) is 23.1 Å². The molecular weight excluding hydrogens is 362 g/mol. The minimum atomic E-state index is -0.239. The van der Waals surface area contributed by atoms with Crippen molar-refractivity contribution < 1.29 is 4.79 Å². The smallest absolute Gasteiger partial charge is 0.239 e. The third kappa shape index (κ3) is 4.35. The molecule has 122 valence electrons. The van der Waals surface area contributed by atoms with Gasteiger partial charge in [0.2, 0.25) is 5.91 Å². The third-order valence-corrected chi connectivity index (χ3v) is 5.31. The lowest BCUT2D eigenvalue weighted by Crippen LogP contribution is -2.22. The molecule has 0 bridgehead atoms. The van der Waals surface area contributed by atoms with Gasteiger partial charge in [-0.25, -0.2) is 4.98 Å². The number of hydrogen-bond donors (Lipinski definition) is 1. The van der Waals surface area contributed by atoms with Crippen molar-refractivity contribution in [1.82, 2.24) is 9.97 Å². The molecule has 24 heavy (non-hydrogen) atoms. The van der Waals surface area contributed by atoms with Crippen LogP contribution in [0.25, 0.3) is 11.3 Å². The lowest BCUT2D eigenvalue weighted by atomic mass is 10.2. The Labute approximate surface area is 153 Å². The Morgan fingerprint density at radius 3 is 2.79 bits per heavy atom. The lowest BCUT2D eigenvalue weighted by molar-refractivity contribution is -0.115. The van der Waals surface area contributed by atoms with E-state index in [4.69, 9.17) is 11.6 Å². The first-order chi connectivity index (χ1) is 11.6. The van der Waals surface area contributed by atoms with E-state index in [2.05, 4.69) is 15.3 Å². The van der Waals surface area contributed by atoms with E-state index < -0.39 is 0 Å². The Morgan fingerprint density at radius 1 is 1.29 bits per heavy atom. The number of anilines is 1. The van der Waals surface area contributed by atoms with Gasteiger partial charge in [0.1, 0.15) is 0 Å². The Morgan fingerprint density at radius 2 is 2.08 bits per heavy atom. The molecule has 4 nitrogen and oxygen atoms in total. The van der Waals surface area contributed by atoms with E-state index in [0.717, 1.165) is 16.2 Å². The summed E-state index contributed by atoms with van der Waals surface area (Å²) in [4.78, 5) is 21.8. The fourth-order valence-corrected chi connectivity index (χ4v) is 3.67. The second kappa shape index (κ2) is 7.79. The number of nitrogens with one attached hydrogen (secondary N) is 1. The number of thiazole rings is 1. The molecule has 0 aliphatic heterocycles. The van der Waals surface area contributed by atoms with Gasteiger partial charge in [0, 0.05) is 33.3 Å². The van der Waals surface area contributed by atoms with E-state index in [0.29, 0.717) is 10.2 Å². The summed E-state index contributed by atoms with van der Waals surface area (Å²) in [7, 11) is 0. The van der Waals surface area contributed by atoms with E-state index in [-0.39, 0.29) is 11.2 Å². The van der Waals surface area contributed by atoms with Crippen LogP contribution in [-0.2, 0) is 4.79 Å². The summed E-state index contributed by atoms with van der Waals surface area (Å²) in [5.41, 5.74) is 1.74. The van der Waals surface area contributed by atoms with Gasteiger partial charge in [-0.1, -0.05) is 11.6 Å². The van der Waals surface area contributed by atoms with Crippen molar-refractivity contribution in [2.24, 2.45) is 0 Å². The molecule has 0 aliphatic carbocycles. The fourth-order valence-electron chi connectivity index (χ4n) is 1.96. The van der Waals surface area contributed by atoms with E-state index in [1.807, 2.05) is 48.7 Å². The standard InChI is InChI=1S/C17H14ClN3OS2/c1-11(24-14-6-4-13(18)5-7-14)16(22)21-17-20-15(10-23-17)12-3-2-8-19-9-12/h2-11H,1H3,(H,20,21,22). The molecule has 0 fully saturated rings. The zero-order valence-electron chi connectivity index (χ0n) is 12.8. The molecule has 0 radical (unpaired) electrons. The van der Waals surface area contributed by atoms with Gasteiger partial charge >= 0.3 is 0 Å². The number of carbonyl (C=O) groups is 1. The summed E-state index contributed by atoms with van der Waals surface area (Å²) >= 11 is 8.75. The van der Waals surface area contributed by atoms with Crippen molar-refractivity contribution in [2.45, 2.75) is 17.1 Å². The highest BCUT2D eigenvalue weighted by atomic mass is 35.5. The highest BCUT2D eigenvalue weighted by Crippen LogP contribution is 2.27. The summed E-state index contributed by atoms with van der Waals surface area (Å²) in [5.74, 6) is -0.0814. The second-order valence-corrected chi connectivity index (χ2v) is 7.69. The molecule has 3 aromatic rings. The Balaban J connectivity index is 1.62. The predicted molar refractivity (Wildman–Crippen MR) is 101 cm³/mol. The van der Waals surface area contributed by atoms with E-state index >= 15 is 0 Å². The maximum Gasteiger partial charge on any atom is 0.239 e. The van der Waals surface area contributed by atoms with Crippen LogP contribution in [0.4, 0.5) is 5.13 Å². The Hall–Kier alpha value is -1.89. The summed E-state index contributed by atoms with van der Waals surface area (Å²) in [6, 6.07) is 11.2. The number of halogens is 1. The quantitative estimate of drug-likeness (QED) is 0.639. The predicted octanol–water partition coefficient (Wildman–Crippen LogP) is 4.98. The number of aromatic nitrogens is 2. The molecule has 1 atom stereocenters. The number of amides is 1. The molecule has 3 rings (SSSR count). The van der Waals surface area contributed by atoms with Gasteiger partial charge < -0.3 is 5.32 Å². The number of thioether (sulfide) groups is 1. The van der Waals surface area contributed by atoms with Gasteiger partial charge in [-0.05, 0) is 43.3 Å². The topological polar surface area (TPSA) is 54.9 Å². The molecule has 0 saturated heterocycles. The minimum Gasteiger partial charge on any atom is -0.301 e. The number of nitrogens with zero attached hydrogens (tertiary/aromatic N) is 2. The molecule has 1 N–H and O–H groups in total. The number of hydrogen-bond acceptors (Lipinski definition) is 5. The summed E-state index contributed by atoms with van der Waals surface area (Å²) in [6.45, 7) is 1.87. The molecule has 0 spiro atoms. The molecule has 1 aromatic carbocycles. The molecule has 2 aromatic heterocycles. The minimum absolute atomic E-state index is 0.0814. The number of rotatable bonds is 5. The first-order valence-electron chi connectivity index (χ1n) is 7.21. The van der Waals surface area contributed by atoms with Crippen LogP contribution in [0.2, 0.25) is 5.02 Å². The number of pyridine rings is 1. The molecule has 1 unspecified atom stereocenters. The second-order valence-electron chi connectivity index (χ2n) is 4.98. The van der Waals surface area contributed by atoms with Crippen molar-refractivity contribution in [3.05, 3.63) is 59.2 Å². The van der Waals surface area contributed by atoms with Crippen LogP contribution < -0.4 is 5.32 Å². The van der Waals surface area contributed by atoms with Crippen molar-refractivity contribution in [1.29, 1.82) is 0 Å². The third-order valence-electron chi connectivity index (χ3n) is 3.19. The first kappa shape index (κ1) is 17.0. The maximum atomic E-state index is 12.3. The highest BCUT2D eigenvalue weighted by molar-refractivity contribution is 8.00. The van der Waals surface area contributed by atoms with E-state index in [1.165, 1.54) is 23.1 Å². The van der Waals surface area contributed by atoms with Crippen molar-refractivity contribution in [3.63, 3.8) is 0 Å². The van der Waals surface area contributed by atoms with Gasteiger partial charge in [0.15, 0.2) is 5.13 Å². The van der Waals surface area contributed by atoms with Crippen molar-refractivity contribution >= 4 is 45.7 Å². The Kier molecular flexibility index (Phi) is 5.50. The van der Waals surface area contributed by atoms with Crippen LogP contribution in [-0.4, -0.2) is 21.1 Å². The normalized spacial score (nSPS) is 11.9. The summed E-state index contributed by atoms with van der Waals surface area (Å²) < 4.78 is 0. The number of carbonyl (C=O) groups excluding carboxylic acids is 1. The van der Waals surface area contributed by atoms with Crippen LogP contribution in [0.5, 0.6) is 0 Å². The first-order valence-corrected chi connectivity index (χ1v) is 9.34. The molecule has 0 saturated carbocycles. The van der Waals surface area contributed by atoms with E-state index in [9.17, 15) is 4.79 Å². The molecule has 2 heterocycles. The monoisotopic (exact) mass is 375 g/mol. The van der Waals surface area contributed by atoms with Gasteiger partial charge in [0.25, 0.3) is 0 Å². The van der Waals surface area contributed by atoms with Crippen LogP contribution in [0, 0.1) is 0 Å². The lowest BCUT2D eigenvalue weighted by Gasteiger charge is -2.10. The zero-order valence-corrected chi connectivity index (χ0v) is 15.2. The van der Waals surface area contributed by atoms with Gasteiger partial charge in [0.05, 0.1) is 10.9 Å². The van der Waals surface area contributed by atoms with Crippen LogP contribution >= 0.6 is 34.7 Å². The molecule has 7 heteroatoms. The van der Waals surface area contributed by atoms with Gasteiger partial charge in [-0.2, -0.15) is 0 Å². The highest BCUT2D eigenvalue weighted by Gasteiger charge is 2.16. The molecule has 1 amide bonds. The largest absolute Gasteiger partial charge is 0.301 e. The number of benzene rings is 1. The molecular formula is C17H14ClN3OS2. The van der Waals surface area contributed by atoms with Crippen molar-refractivity contribution in [2.75, 3.05) is 5.32 Å². The average molecular weight is 376 g/mol. The van der Waals surface area contributed by atoms with E-state index in [1.54, 1.807) is 12.4 Å². The van der Waals surface area contributed by atoms with Gasteiger partial charge in [-0.3, -0.25) is 9.78 Å². The average Bonchev–Trinajstić information content (AvgIpc) is 3.06. The van der Waals surface area contributed by atoms with Crippen LogP contribution in [0.1, 0.15) is 6.92 Å². The fraction of sp³-hybridized carbons (Fsp3) is 0.118. The SMILES string of the molecule is CC(Sc1ccc(Cl)cc1)C(=O)Nc1nc(-c2cccnc2)cs1. The summed E-state index contributed by atoms with van der Waals surface area (Å²) in [6.07, 6.45) is 3.47. The summed E-state index contributed by atoms with van der Waals surface area (Å²) in [5, 5.41) is 5.80. The maximum absolute atomic E-state index is 12.3.